The number of para-hydroxylation sites is 2. The third-order valence-electron chi connectivity index (χ3n) is 9.85. The second kappa shape index (κ2) is 10.9. The maximum absolute atomic E-state index is 6.58. The Hall–Kier alpha value is -6.63. The monoisotopic (exact) mass is 670 g/mol. The molecule has 51 heavy (non-hydrogen) atoms. The molecule has 6 heteroatoms. The summed E-state index contributed by atoms with van der Waals surface area (Å²) in [5, 5.41) is 7.20. The Labute approximate surface area is 295 Å². The lowest BCUT2D eigenvalue weighted by atomic mass is 10.0. The predicted molar refractivity (Wildman–Crippen MR) is 211 cm³/mol. The van der Waals surface area contributed by atoms with Crippen molar-refractivity contribution in [3.63, 3.8) is 0 Å². The van der Waals surface area contributed by atoms with Gasteiger partial charge in [-0.25, -0.2) is 15.0 Å². The first-order valence-electron chi connectivity index (χ1n) is 16.9. The van der Waals surface area contributed by atoms with Crippen molar-refractivity contribution in [2.24, 2.45) is 0 Å². The van der Waals surface area contributed by atoms with Gasteiger partial charge in [0.1, 0.15) is 11.2 Å². The van der Waals surface area contributed by atoms with Gasteiger partial charge in [-0.05, 0) is 48.5 Å². The van der Waals surface area contributed by atoms with E-state index >= 15 is 0 Å². The number of fused-ring (bicyclic) bond motifs is 10. The smallest absolute Gasteiger partial charge is 0.164 e. The molecule has 0 aliphatic rings. The Morgan fingerprint density at radius 1 is 0.412 bits per heavy atom. The van der Waals surface area contributed by atoms with Crippen LogP contribution in [0.25, 0.3) is 104 Å². The molecule has 4 heterocycles. The topological polar surface area (TPSA) is 56.7 Å². The third-order valence-corrected chi connectivity index (χ3v) is 11.0. The Morgan fingerprint density at radius 3 is 1.67 bits per heavy atom. The molecule has 0 spiro atoms. The molecule has 0 saturated heterocycles. The van der Waals surface area contributed by atoms with E-state index in [0.29, 0.717) is 17.5 Å². The molecule has 5 nitrogen and oxygen atoms in total. The number of hydrogen-bond acceptors (Lipinski definition) is 5. The van der Waals surface area contributed by atoms with Gasteiger partial charge in [0.05, 0.1) is 11.0 Å². The fourth-order valence-corrected chi connectivity index (χ4v) is 8.68. The summed E-state index contributed by atoms with van der Waals surface area (Å²) in [5.41, 5.74) is 8.01. The van der Waals surface area contributed by atoms with Crippen LogP contribution in [0.2, 0.25) is 0 Å². The van der Waals surface area contributed by atoms with E-state index < -0.39 is 0 Å². The molecule has 0 atom stereocenters. The first kappa shape index (κ1) is 28.2. The molecule has 11 rings (SSSR count). The lowest BCUT2D eigenvalue weighted by molar-refractivity contribution is 0.669. The summed E-state index contributed by atoms with van der Waals surface area (Å²) in [6.45, 7) is 0. The fourth-order valence-electron chi connectivity index (χ4n) is 7.54. The van der Waals surface area contributed by atoms with Crippen LogP contribution in [-0.4, -0.2) is 19.5 Å². The highest BCUT2D eigenvalue weighted by atomic mass is 32.1. The Balaban J connectivity index is 1.08. The lowest BCUT2D eigenvalue weighted by Crippen LogP contribution is -2.00. The van der Waals surface area contributed by atoms with Crippen molar-refractivity contribution in [1.29, 1.82) is 0 Å². The predicted octanol–water partition coefficient (Wildman–Crippen LogP) is 12.2. The summed E-state index contributed by atoms with van der Waals surface area (Å²) in [5.74, 6) is 1.88. The average Bonchev–Trinajstić information content (AvgIpc) is 3.87. The number of thiophene rings is 1. The van der Waals surface area contributed by atoms with Gasteiger partial charge in [0.2, 0.25) is 0 Å². The van der Waals surface area contributed by atoms with Crippen LogP contribution in [0.5, 0.6) is 0 Å². The third kappa shape index (κ3) is 4.37. The average molecular weight is 671 g/mol. The maximum atomic E-state index is 6.58. The highest BCUT2D eigenvalue weighted by molar-refractivity contribution is 7.26. The van der Waals surface area contributed by atoms with Crippen molar-refractivity contribution in [3.8, 4) is 39.9 Å². The summed E-state index contributed by atoms with van der Waals surface area (Å²) in [7, 11) is 0. The summed E-state index contributed by atoms with van der Waals surface area (Å²) < 4.78 is 11.4. The molecule has 11 aromatic rings. The molecule has 0 fully saturated rings. The Kier molecular flexibility index (Phi) is 6.05. The van der Waals surface area contributed by atoms with Gasteiger partial charge >= 0.3 is 0 Å². The first-order chi connectivity index (χ1) is 25.3. The molecule has 0 amide bonds. The van der Waals surface area contributed by atoms with Crippen LogP contribution >= 0.6 is 11.3 Å². The summed E-state index contributed by atoms with van der Waals surface area (Å²) >= 11 is 1.83. The maximum Gasteiger partial charge on any atom is 0.164 e. The van der Waals surface area contributed by atoms with Crippen LogP contribution in [0, 0.1) is 0 Å². The lowest BCUT2D eigenvalue weighted by Gasteiger charge is -2.08. The van der Waals surface area contributed by atoms with Gasteiger partial charge in [-0.2, -0.15) is 0 Å². The number of rotatable bonds is 4. The number of aromatic nitrogens is 4. The molecule has 7 aromatic carbocycles. The summed E-state index contributed by atoms with van der Waals surface area (Å²) in [4.78, 5) is 14.8. The minimum Gasteiger partial charge on any atom is -0.456 e. The molecular formula is C45H26N4OS. The van der Waals surface area contributed by atoms with Crippen molar-refractivity contribution >= 4 is 75.3 Å². The molecule has 0 aliphatic heterocycles. The van der Waals surface area contributed by atoms with Gasteiger partial charge in [0.25, 0.3) is 0 Å². The SMILES string of the molecule is c1ccc(-c2nc(-c3ccccc3)nc(-c3ccc4c(c3)oc3ccc5sc6cc(-n7c8ccccc8c8ccccc87)ccc6c5c34)n2)cc1. The summed E-state index contributed by atoms with van der Waals surface area (Å²) in [6, 6.07) is 54.9. The molecule has 0 unspecified atom stereocenters. The van der Waals surface area contributed by atoms with Gasteiger partial charge in [-0.15, -0.1) is 11.3 Å². The van der Waals surface area contributed by atoms with E-state index in [1.165, 1.54) is 42.0 Å². The van der Waals surface area contributed by atoms with E-state index in [-0.39, 0.29) is 0 Å². The van der Waals surface area contributed by atoms with Crippen LogP contribution in [0.1, 0.15) is 0 Å². The highest BCUT2D eigenvalue weighted by Gasteiger charge is 2.19. The van der Waals surface area contributed by atoms with Gasteiger partial charge in [-0.1, -0.05) is 109 Å². The fraction of sp³-hybridized carbons (Fsp3) is 0. The number of hydrogen-bond donors (Lipinski definition) is 0. The van der Waals surface area contributed by atoms with E-state index in [9.17, 15) is 0 Å². The van der Waals surface area contributed by atoms with Crippen LogP contribution in [-0.2, 0) is 0 Å². The Morgan fingerprint density at radius 2 is 1.00 bits per heavy atom. The molecule has 238 valence electrons. The molecule has 0 N–H and O–H groups in total. The van der Waals surface area contributed by atoms with Gasteiger partial charge in [-0.3, -0.25) is 0 Å². The first-order valence-corrected chi connectivity index (χ1v) is 17.8. The van der Waals surface area contributed by atoms with E-state index in [2.05, 4.69) is 102 Å². The van der Waals surface area contributed by atoms with Crippen LogP contribution in [0.3, 0.4) is 0 Å². The zero-order valence-corrected chi connectivity index (χ0v) is 27.9. The van der Waals surface area contributed by atoms with Gasteiger partial charge in [0, 0.05) is 64.1 Å². The number of benzene rings is 7. The molecule has 4 aromatic heterocycles. The van der Waals surface area contributed by atoms with Crippen molar-refractivity contribution in [2.75, 3.05) is 0 Å². The van der Waals surface area contributed by atoms with Crippen molar-refractivity contribution < 1.29 is 4.42 Å². The summed E-state index contributed by atoms with van der Waals surface area (Å²) in [6.07, 6.45) is 0. The van der Waals surface area contributed by atoms with Crippen molar-refractivity contribution in [3.05, 3.63) is 158 Å². The normalized spacial score (nSPS) is 11.9. The number of furan rings is 1. The van der Waals surface area contributed by atoms with E-state index in [4.69, 9.17) is 19.4 Å². The molecule has 0 aliphatic carbocycles. The second-order valence-corrected chi connectivity index (χ2v) is 13.9. The standard InChI is InChI=1S/C45H26N4OS/c1-3-11-27(12-4-1)43-46-44(28-13-5-2-6-14-28)48-45(47-43)29-19-21-33-38(25-29)50-37-23-24-39-42(41(33)37)34-22-20-30(26-40(34)51-39)49-35-17-9-7-15-31(35)32-16-8-10-18-36(32)49/h1-26H. The van der Waals surface area contributed by atoms with Gasteiger partial charge in [0.15, 0.2) is 17.5 Å². The molecule has 0 bridgehead atoms. The van der Waals surface area contributed by atoms with Gasteiger partial charge < -0.3 is 8.98 Å². The zero-order chi connectivity index (χ0) is 33.5. The minimum absolute atomic E-state index is 0.605. The zero-order valence-electron chi connectivity index (χ0n) is 27.1. The second-order valence-electron chi connectivity index (χ2n) is 12.8. The van der Waals surface area contributed by atoms with Crippen LogP contribution in [0.15, 0.2) is 162 Å². The largest absolute Gasteiger partial charge is 0.456 e. The minimum atomic E-state index is 0.605. The molecular weight excluding hydrogens is 645 g/mol. The van der Waals surface area contributed by atoms with E-state index in [1.807, 2.05) is 72.0 Å². The van der Waals surface area contributed by atoms with Crippen LogP contribution in [0.4, 0.5) is 0 Å². The van der Waals surface area contributed by atoms with E-state index in [0.717, 1.165) is 44.3 Å². The Bertz CT molecular complexity index is 3030. The van der Waals surface area contributed by atoms with Crippen molar-refractivity contribution in [2.45, 2.75) is 0 Å². The van der Waals surface area contributed by atoms with E-state index in [1.54, 1.807) is 0 Å². The molecule has 0 saturated carbocycles. The quantitative estimate of drug-likeness (QED) is 0.187. The van der Waals surface area contributed by atoms with Crippen LogP contribution < -0.4 is 0 Å². The molecule has 0 radical (unpaired) electrons. The van der Waals surface area contributed by atoms with Crippen molar-refractivity contribution in [1.82, 2.24) is 19.5 Å². The number of nitrogens with zero attached hydrogens (tertiary/aromatic N) is 4. The highest BCUT2D eigenvalue weighted by Crippen LogP contribution is 2.44.